The largest absolute Gasteiger partial charge is 0.495 e. The van der Waals surface area contributed by atoms with Gasteiger partial charge < -0.3 is 24.6 Å². The van der Waals surface area contributed by atoms with Gasteiger partial charge in [-0.2, -0.15) is 0 Å². The highest BCUT2D eigenvalue weighted by molar-refractivity contribution is 5.91. The molecule has 2 N–H and O–H groups in total. The molecule has 2 atom stereocenters. The van der Waals surface area contributed by atoms with Gasteiger partial charge in [0.1, 0.15) is 29.6 Å². The summed E-state index contributed by atoms with van der Waals surface area (Å²) in [4.78, 5) is 28.4. The summed E-state index contributed by atoms with van der Waals surface area (Å²) in [5.41, 5.74) is 1.06. The molecule has 0 bridgehead atoms. The van der Waals surface area contributed by atoms with Crippen LogP contribution in [0.25, 0.3) is 0 Å². The number of rotatable bonds is 7. The number of para-hydroxylation sites is 1. The minimum Gasteiger partial charge on any atom is -0.495 e. The highest BCUT2D eigenvalue weighted by atomic mass is 16.6. The molecule has 0 radical (unpaired) electrons. The minimum atomic E-state index is -1.06. The van der Waals surface area contributed by atoms with Crippen LogP contribution in [-0.4, -0.2) is 47.3 Å². The number of carbonyl (C=O) groups is 2. The lowest BCUT2D eigenvalue weighted by Crippen LogP contribution is -2.45. The van der Waals surface area contributed by atoms with E-state index in [2.05, 4.69) is 10.3 Å². The molecular formula is C24H30N2O6. The van der Waals surface area contributed by atoms with Gasteiger partial charge in [-0.05, 0) is 58.2 Å². The van der Waals surface area contributed by atoms with Gasteiger partial charge in [0.15, 0.2) is 0 Å². The van der Waals surface area contributed by atoms with Gasteiger partial charge >= 0.3 is 11.9 Å². The van der Waals surface area contributed by atoms with Crippen molar-refractivity contribution in [3.8, 4) is 11.6 Å². The van der Waals surface area contributed by atoms with Crippen LogP contribution < -0.4 is 14.8 Å². The molecule has 172 valence electrons. The van der Waals surface area contributed by atoms with Crippen LogP contribution in [0.3, 0.4) is 0 Å². The molecule has 2 unspecified atom stereocenters. The summed E-state index contributed by atoms with van der Waals surface area (Å²) in [6, 6.07) is 8.31. The number of carboxylic acid groups (broad SMARTS) is 1. The summed E-state index contributed by atoms with van der Waals surface area (Å²) < 4.78 is 16.9. The molecule has 8 heteroatoms. The summed E-state index contributed by atoms with van der Waals surface area (Å²) >= 11 is 0. The van der Waals surface area contributed by atoms with Crippen LogP contribution >= 0.6 is 0 Å². The molecule has 2 aromatic rings. The van der Waals surface area contributed by atoms with Crippen LogP contribution in [0.5, 0.6) is 11.6 Å². The molecule has 1 aliphatic heterocycles. The Labute approximate surface area is 187 Å². The van der Waals surface area contributed by atoms with Crippen molar-refractivity contribution in [3.05, 3.63) is 53.2 Å². The molecule has 0 amide bonds. The fourth-order valence-electron chi connectivity index (χ4n) is 3.84. The zero-order valence-electron chi connectivity index (χ0n) is 18.9. The van der Waals surface area contributed by atoms with E-state index in [0.29, 0.717) is 24.4 Å². The lowest BCUT2D eigenvalue weighted by Gasteiger charge is -2.31. The normalized spacial score (nSPS) is 18.6. The maximum atomic E-state index is 12.6. The van der Waals surface area contributed by atoms with Gasteiger partial charge in [-0.1, -0.05) is 18.2 Å². The molecule has 0 spiro atoms. The first kappa shape index (κ1) is 23.5. The maximum absolute atomic E-state index is 12.6. The van der Waals surface area contributed by atoms with Gasteiger partial charge in [0.05, 0.1) is 7.11 Å². The van der Waals surface area contributed by atoms with Crippen LogP contribution in [0.4, 0.5) is 0 Å². The SMILES string of the molecule is COc1c(COc2ncccc2C2CCNC(C(=O)OC(C)(C)C)C2)cccc1C(=O)O. The van der Waals surface area contributed by atoms with Crippen LogP contribution in [0.1, 0.15) is 61.0 Å². The minimum absolute atomic E-state index is 0.0738. The number of hydrogen-bond acceptors (Lipinski definition) is 7. The van der Waals surface area contributed by atoms with Crippen LogP contribution in [0.15, 0.2) is 36.5 Å². The quantitative estimate of drug-likeness (QED) is 0.627. The summed E-state index contributed by atoms with van der Waals surface area (Å²) in [6.07, 6.45) is 3.06. The number of esters is 1. The third-order valence-electron chi connectivity index (χ3n) is 5.23. The van der Waals surface area contributed by atoms with E-state index < -0.39 is 17.6 Å². The molecule has 1 aromatic carbocycles. The molecular weight excluding hydrogens is 412 g/mol. The number of aromatic carboxylic acids is 1. The van der Waals surface area contributed by atoms with E-state index in [0.717, 1.165) is 12.0 Å². The van der Waals surface area contributed by atoms with Gasteiger partial charge in [0.2, 0.25) is 5.88 Å². The molecule has 1 saturated heterocycles. The summed E-state index contributed by atoms with van der Waals surface area (Å²) in [5, 5.41) is 12.6. The van der Waals surface area contributed by atoms with E-state index in [1.807, 2.05) is 32.9 Å². The first-order valence-corrected chi connectivity index (χ1v) is 10.6. The number of hydrogen-bond donors (Lipinski definition) is 2. The third kappa shape index (κ3) is 5.76. The Morgan fingerprint density at radius 3 is 2.69 bits per heavy atom. The smallest absolute Gasteiger partial charge is 0.339 e. The fourth-order valence-corrected chi connectivity index (χ4v) is 3.84. The van der Waals surface area contributed by atoms with E-state index in [-0.39, 0.29) is 29.8 Å². The molecule has 8 nitrogen and oxygen atoms in total. The number of ether oxygens (including phenoxy) is 3. The zero-order valence-corrected chi connectivity index (χ0v) is 18.9. The van der Waals surface area contributed by atoms with Crippen molar-refractivity contribution in [1.29, 1.82) is 0 Å². The Kier molecular flexibility index (Phi) is 7.35. The Morgan fingerprint density at radius 1 is 1.22 bits per heavy atom. The maximum Gasteiger partial charge on any atom is 0.339 e. The summed E-state index contributed by atoms with van der Waals surface area (Å²) in [6.45, 7) is 6.34. The van der Waals surface area contributed by atoms with E-state index >= 15 is 0 Å². The fraction of sp³-hybridized carbons (Fsp3) is 0.458. The predicted molar refractivity (Wildman–Crippen MR) is 118 cm³/mol. The number of carboxylic acids is 1. The van der Waals surface area contributed by atoms with Crippen molar-refractivity contribution in [2.45, 2.75) is 57.8 Å². The number of nitrogens with one attached hydrogen (secondary N) is 1. The molecule has 1 aromatic heterocycles. The Balaban J connectivity index is 1.76. The van der Waals surface area contributed by atoms with E-state index in [9.17, 15) is 14.7 Å². The van der Waals surface area contributed by atoms with Crippen LogP contribution in [-0.2, 0) is 16.1 Å². The lowest BCUT2D eigenvalue weighted by molar-refractivity contribution is -0.158. The third-order valence-corrected chi connectivity index (χ3v) is 5.23. The second-order valence-corrected chi connectivity index (χ2v) is 8.75. The number of benzene rings is 1. The second-order valence-electron chi connectivity index (χ2n) is 8.75. The topological polar surface area (TPSA) is 107 Å². The van der Waals surface area contributed by atoms with Gasteiger partial charge in [-0.3, -0.25) is 4.79 Å². The number of methoxy groups -OCH3 is 1. The molecule has 1 aliphatic rings. The van der Waals surface area contributed by atoms with E-state index in [1.165, 1.54) is 13.2 Å². The molecule has 2 heterocycles. The summed E-state index contributed by atoms with van der Waals surface area (Å²) in [7, 11) is 1.43. The summed E-state index contributed by atoms with van der Waals surface area (Å²) in [5.74, 6) is -0.520. The number of piperidine rings is 1. The molecule has 0 saturated carbocycles. The zero-order chi connectivity index (χ0) is 23.3. The van der Waals surface area contributed by atoms with Gasteiger partial charge in [-0.25, -0.2) is 9.78 Å². The number of pyridine rings is 1. The number of nitrogens with zero attached hydrogens (tertiary/aromatic N) is 1. The van der Waals surface area contributed by atoms with Crippen molar-refractivity contribution in [1.82, 2.24) is 10.3 Å². The highest BCUT2D eigenvalue weighted by Crippen LogP contribution is 2.34. The lowest BCUT2D eigenvalue weighted by atomic mass is 9.87. The molecule has 3 rings (SSSR count). The predicted octanol–water partition coefficient (Wildman–Crippen LogP) is 3.54. The van der Waals surface area contributed by atoms with Crippen molar-refractivity contribution in [2.75, 3.05) is 13.7 Å². The number of aromatic nitrogens is 1. The molecule has 1 fully saturated rings. The number of carbonyl (C=O) groups excluding carboxylic acids is 1. The second kappa shape index (κ2) is 9.99. The van der Waals surface area contributed by atoms with Crippen molar-refractivity contribution in [3.63, 3.8) is 0 Å². The molecule has 0 aliphatic carbocycles. The standard InChI is InChI=1S/C24H30N2O6/c1-24(2,3)32-23(29)19-13-15(10-12-25-19)17-9-6-11-26-21(17)31-14-16-7-5-8-18(22(27)28)20(16)30-4/h5-9,11,15,19,25H,10,12-14H2,1-4H3,(H,27,28). The van der Waals surface area contributed by atoms with Crippen LogP contribution in [0.2, 0.25) is 0 Å². The van der Waals surface area contributed by atoms with E-state index in [1.54, 1.807) is 18.3 Å². The van der Waals surface area contributed by atoms with Crippen molar-refractivity contribution < 1.29 is 28.9 Å². The first-order valence-electron chi connectivity index (χ1n) is 10.6. The average Bonchev–Trinajstić information content (AvgIpc) is 2.76. The first-order chi connectivity index (χ1) is 15.2. The van der Waals surface area contributed by atoms with Crippen LogP contribution in [0, 0.1) is 0 Å². The Bertz CT molecular complexity index is 969. The highest BCUT2D eigenvalue weighted by Gasteiger charge is 2.32. The monoisotopic (exact) mass is 442 g/mol. The van der Waals surface area contributed by atoms with Gasteiger partial charge in [-0.15, -0.1) is 0 Å². The average molecular weight is 443 g/mol. The Morgan fingerprint density at radius 2 is 2.00 bits per heavy atom. The van der Waals surface area contributed by atoms with Gasteiger partial charge in [0, 0.05) is 17.3 Å². The molecule has 32 heavy (non-hydrogen) atoms. The Hall–Kier alpha value is -3.13. The van der Waals surface area contributed by atoms with Crippen molar-refractivity contribution >= 4 is 11.9 Å². The van der Waals surface area contributed by atoms with Gasteiger partial charge in [0.25, 0.3) is 0 Å². The van der Waals surface area contributed by atoms with E-state index in [4.69, 9.17) is 14.2 Å². The van der Waals surface area contributed by atoms with Crippen molar-refractivity contribution in [2.24, 2.45) is 0 Å².